The smallest absolute Gasteiger partial charge is 0.417 e. The van der Waals surface area contributed by atoms with E-state index in [1.54, 1.807) is 0 Å². The molecule has 1 aliphatic heterocycles. The maximum Gasteiger partial charge on any atom is 0.417 e. The minimum absolute atomic E-state index is 0.114. The summed E-state index contributed by atoms with van der Waals surface area (Å²) in [7, 11) is 0. The number of rotatable bonds is 4. The van der Waals surface area contributed by atoms with Crippen LogP contribution < -0.4 is 0 Å². The Balaban J connectivity index is 1.69. The van der Waals surface area contributed by atoms with Crippen molar-refractivity contribution in [3.63, 3.8) is 0 Å². The van der Waals surface area contributed by atoms with Crippen LogP contribution in [0.15, 0.2) is 60.7 Å². The molecule has 2 aromatic rings. The predicted octanol–water partition coefficient (Wildman–Crippen LogP) is 4.57. The zero-order valence-corrected chi connectivity index (χ0v) is 16.0. The third-order valence-electron chi connectivity index (χ3n) is 6.45. The Morgan fingerprint density at radius 1 is 1.07 bits per heavy atom. The number of hydrogen-bond donors (Lipinski definition) is 0. The number of nitrogens with zero attached hydrogens (tertiary/aromatic N) is 1. The molecule has 2 aliphatic rings. The van der Waals surface area contributed by atoms with Gasteiger partial charge in [0.15, 0.2) is 0 Å². The van der Waals surface area contributed by atoms with Crippen LogP contribution in [-0.2, 0) is 14.9 Å². The quantitative estimate of drug-likeness (QED) is 0.800. The Bertz CT molecular complexity index is 848. The molecular weight excluding hydrogens is 338 g/mol. The van der Waals surface area contributed by atoms with Crippen molar-refractivity contribution in [3.05, 3.63) is 71.8 Å². The van der Waals surface area contributed by atoms with Gasteiger partial charge in [0, 0.05) is 5.41 Å². The first-order valence-corrected chi connectivity index (χ1v) is 9.59. The second kappa shape index (κ2) is 6.52. The fourth-order valence-electron chi connectivity index (χ4n) is 5.13. The Morgan fingerprint density at radius 2 is 1.67 bits per heavy atom. The summed E-state index contributed by atoms with van der Waals surface area (Å²) in [5.74, 6) is 0.142. The molecule has 27 heavy (non-hydrogen) atoms. The van der Waals surface area contributed by atoms with Crippen molar-refractivity contribution in [1.29, 1.82) is 0 Å². The molecule has 2 amide bonds. The topological polar surface area (TPSA) is 46.6 Å². The number of carbonyl (C=O) groups is 2. The third kappa shape index (κ3) is 2.58. The van der Waals surface area contributed by atoms with Crippen LogP contribution in [0.25, 0.3) is 0 Å². The number of benzene rings is 2. The first-order chi connectivity index (χ1) is 13.0. The molecule has 1 aliphatic carbocycles. The van der Waals surface area contributed by atoms with Crippen LogP contribution in [0.2, 0.25) is 0 Å². The SMILES string of the molecule is CC(C)[C@@]1(c2ccccc2)C(C)C1C(=O)N1C(=O)OC[C@H]1c1ccccc1. The van der Waals surface area contributed by atoms with E-state index in [9.17, 15) is 9.59 Å². The highest BCUT2D eigenvalue weighted by Crippen LogP contribution is 2.65. The van der Waals surface area contributed by atoms with Gasteiger partial charge in [-0.3, -0.25) is 4.79 Å². The lowest BCUT2D eigenvalue weighted by Crippen LogP contribution is -2.38. The van der Waals surface area contributed by atoms with E-state index in [1.807, 2.05) is 48.5 Å². The number of ether oxygens (including phenoxy) is 1. The molecule has 0 aromatic heterocycles. The van der Waals surface area contributed by atoms with E-state index in [4.69, 9.17) is 4.74 Å². The highest BCUT2D eigenvalue weighted by molar-refractivity contribution is 5.98. The molecule has 0 radical (unpaired) electrons. The number of cyclic esters (lactones) is 1. The number of imide groups is 1. The van der Waals surface area contributed by atoms with Gasteiger partial charge in [-0.15, -0.1) is 0 Å². The van der Waals surface area contributed by atoms with Crippen LogP contribution in [0.3, 0.4) is 0 Å². The minimum atomic E-state index is -0.529. The normalized spacial score (nSPS) is 29.7. The monoisotopic (exact) mass is 363 g/mol. The fourth-order valence-corrected chi connectivity index (χ4v) is 5.13. The minimum Gasteiger partial charge on any atom is -0.446 e. The molecule has 0 spiro atoms. The second-order valence-electron chi connectivity index (χ2n) is 7.93. The highest BCUT2D eigenvalue weighted by atomic mass is 16.6. The summed E-state index contributed by atoms with van der Waals surface area (Å²) >= 11 is 0. The zero-order valence-electron chi connectivity index (χ0n) is 16.0. The van der Waals surface area contributed by atoms with Gasteiger partial charge < -0.3 is 4.74 Å². The second-order valence-corrected chi connectivity index (χ2v) is 7.93. The predicted molar refractivity (Wildman–Crippen MR) is 103 cm³/mol. The van der Waals surface area contributed by atoms with E-state index >= 15 is 0 Å². The van der Waals surface area contributed by atoms with Crippen LogP contribution in [-0.4, -0.2) is 23.5 Å². The maximum atomic E-state index is 13.5. The largest absolute Gasteiger partial charge is 0.446 e. The molecule has 1 saturated carbocycles. The molecule has 0 N–H and O–H groups in total. The summed E-state index contributed by atoms with van der Waals surface area (Å²) < 4.78 is 5.27. The van der Waals surface area contributed by atoms with Crippen molar-refractivity contribution in [2.75, 3.05) is 6.61 Å². The summed E-state index contributed by atoms with van der Waals surface area (Å²) in [5.41, 5.74) is 1.87. The highest BCUT2D eigenvalue weighted by Gasteiger charge is 2.69. The van der Waals surface area contributed by atoms with Crippen molar-refractivity contribution in [1.82, 2.24) is 4.90 Å². The Hall–Kier alpha value is -2.62. The van der Waals surface area contributed by atoms with Gasteiger partial charge in [-0.2, -0.15) is 0 Å². The molecule has 4 atom stereocenters. The summed E-state index contributed by atoms with van der Waals surface area (Å²) in [6.07, 6.45) is -0.529. The summed E-state index contributed by atoms with van der Waals surface area (Å²) in [6.45, 7) is 6.66. The first kappa shape index (κ1) is 17.8. The van der Waals surface area contributed by atoms with Crippen molar-refractivity contribution < 1.29 is 14.3 Å². The van der Waals surface area contributed by atoms with Crippen molar-refractivity contribution in [3.8, 4) is 0 Å². The summed E-state index contributed by atoms with van der Waals surface area (Å²) in [5, 5.41) is 0. The van der Waals surface area contributed by atoms with Crippen LogP contribution in [0, 0.1) is 17.8 Å². The summed E-state index contributed by atoms with van der Waals surface area (Å²) in [6, 6.07) is 19.5. The lowest BCUT2D eigenvalue weighted by atomic mass is 9.81. The van der Waals surface area contributed by atoms with Gasteiger partial charge in [-0.1, -0.05) is 81.4 Å². The van der Waals surface area contributed by atoms with Gasteiger partial charge in [-0.05, 0) is 23.0 Å². The van der Waals surface area contributed by atoms with Crippen molar-refractivity contribution >= 4 is 12.0 Å². The molecule has 2 fully saturated rings. The Kier molecular flexibility index (Phi) is 4.29. The van der Waals surface area contributed by atoms with E-state index in [0.717, 1.165) is 5.56 Å². The van der Waals surface area contributed by atoms with E-state index in [-0.39, 0.29) is 41.7 Å². The van der Waals surface area contributed by atoms with Crippen molar-refractivity contribution in [2.24, 2.45) is 17.8 Å². The van der Waals surface area contributed by atoms with E-state index in [1.165, 1.54) is 10.5 Å². The molecular formula is C23H25NO3. The lowest BCUT2D eigenvalue weighted by molar-refractivity contribution is -0.131. The average Bonchev–Trinajstić information content (AvgIpc) is 3.14. The zero-order chi connectivity index (χ0) is 19.2. The molecule has 1 saturated heterocycles. The number of amides is 2. The maximum absolute atomic E-state index is 13.5. The van der Waals surface area contributed by atoms with Gasteiger partial charge in [-0.25, -0.2) is 9.69 Å². The van der Waals surface area contributed by atoms with Gasteiger partial charge in [0.1, 0.15) is 12.6 Å². The van der Waals surface area contributed by atoms with Crippen LogP contribution in [0.4, 0.5) is 4.79 Å². The van der Waals surface area contributed by atoms with Gasteiger partial charge in [0.05, 0.1) is 5.92 Å². The van der Waals surface area contributed by atoms with Crippen LogP contribution in [0.1, 0.15) is 37.9 Å². The number of carbonyl (C=O) groups excluding carboxylic acids is 2. The van der Waals surface area contributed by atoms with Crippen LogP contribution in [0.5, 0.6) is 0 Å². The number of hydrogen-bond acceptors (Lipinski definition) is 3. The Morgan fingerprint density at radius 3 is 2.26 bits per heavy atom. The molecule has 1 heterocycles. The lowest BCUT2D eigenvalue weighted by Gasteiger charge is -2.25. The van der Waals surface area contributed by atoms with Gasteiger partial charge in [0.25, 0.3) is 0 Å². The average molecular weight is 363 g/mol. The Labute approximate surface area is 160 Å². The fraction of sp³-hybridized carbons (Fsp3) is 0.391. The van der Waals surface area contributed by atoms with E-state index in [2.05, 4.69) is 32.9 Å². The molecule has 2 aromatic carbocycles. The third-order valence-corrected chi connectivity index (χ3v) is 6.45. The molecule has 4 heteroatoms. The van der Waals surface area contributed by atoms with Gasteiger partial charge in [0.2, 0.25) is 5.91 Å². The molecule has 4 rings (SSSR count). The first-order valence-electron chi connectivity index (χ1n) is 9.59. The van der Waals surface area contributed by atoms with Crippen molar-refractivity contribution in [2.45, 2.75) is 32.2 Å². The molecule has 0 bridgehead atoms. The molecule has 140 valence electrons. The van der Waals surface area contributed by atoms with Gasteiger partial charge >= 0.3 is 6.09 Å². The van der Waals surface area contributed by atoms with Crippen LogP contribution >= 0.6 is 0 Å². The summed E-state index contributed by atoms with van der Waals surface area (Å²) in [4.78, 5) is 27.3. The standard InChI is InChI=1S/C23H25NO3/c1-15(2)23(18-12-8-5-9-13-18)16(3)20(23)21(25)24-19(14-27-22(24)26)17-10-6-4-7-11-17/h4-13,15-16,19-20H,14H2,1-3H3/t16?,19-,20?,23-/m0/s1. The van der Waals surface area contributed by atoms with E-state index in [0.29, 0.717) is 0 Å². The molecule has 2 unspecified atom stereocenters. The van der Waals surface area contributed by atoms with E-state index < -0.39 is 6.09 Å². The molecule has 4 nitrogen and oxygen atoms in total.